The fraction of sp³-hybridized carbons (Fsp3) is 0.0714. The van der Waals surface area contributed by atoms with Gasteiger partial charge in [0.2, 0.25) is 0 Å². The van der Waals surface area contributed by atoms with Crippen molar-refractivity contribution in [2.75, 3.05) is 5.73 Å². The number of rotatable bonds is 1. The Bertz CT molecular complexity index is 734. The third kappa shape index (κ3) is 1.72. The van der Waals surface area contributed by atoms with Gasteiger partial charge in [-0.1, -0.05) is 0 Å². The van der Waals surface area contributed by atoms with Gasteiger partial charge in [-0.15, -0.1) is 0 Å². The largest absolute Gasteiger partial charge is 0.454 e. The van der Waals surface area contributed by atoms with E-state index >= 15 is 0 Å². The van der Waals surface area contributed by atoms with Gasteiger partial charge in [0, 0.05) is 5.39 Å². The Morgan fingerprint density at radius 2 is 2.06 bits per heavy atom. The number of aromatic nitrogens is 1. The Hall–Kier alpha value is -2.36. The van der Waals surface area contributed by atoms with Gasteiger partial charge in [-0.05, 0) is 42.8 Å². The topological polar surface area (TPSA) is 52.0 Å². The molecule has 3 rings (SSSR count). The van der Waals surface area contributed by atoms with Crippen LogP contribution >= 0.6 is 0 Å². The highest BCUT2D eigenvalue weighted by Gasteiger charge is 2.10. The number of nitrogen functional groups attached to an aromatic ring is 1. The minimum absolute atomic E-state index is 0.281. The van der Waals surface area contributed by atoms with E-state index in [0.29, 0.717) is 17.0 Å². The summed E-state index contributed by atoms with van der Waals surface area (Å²) in [7, 11) is 0. The molecule has 0 aliphatic rings. The van der Waals surface area contributed by atoms with Crippen molar-refractivity contribution < 1.29 is 8.81 Å². The van der Waals surface area contributed by atoms with Crippen LogP contribution in [0.3, 0.4) is 0 Å². The maximum Gasteiger partial charge on any atom is 0.154 e. The van der Waals surface area contributed by atoms with Crippen LogP contribution in [0, 0.1) is 12.7 Å². The first kappa shape index (κ1) is 10.8. The molecule has 0 bridgehead atoms. The van der Waals surface area contributed by atoms with Crippen LogP contribution < -0.4 is 5.73 Å². The molecule has 18 heavy (non-hydrogen) atoms. The number of halogens is 1. The first-order valence-electron chi connectivity index (χ1n) is 5.55. The van der Waals surface area contributed by atoms with Gasteiger partial charge in [-0.3, -0.25) is 4.98 Å². The zero-order chi connectivity index (χ0) is 12.7. The molecule has 0 unspecified atom stereocenters. The van der Waals surface area contributed by atoms with Crippen molar-refractivity contribution in [1.82, 2.24) is 4.98 Å². The Morgan fingerprint density at radius 1 is 1.22 bits per heavy atom. The van der Waals surface area contributed by atoms with Crippen LogP contribution in [0.2, 0.25) is 0 Å². The second-order valence-electron chi connectivity index (χ2n) is 4.23. The van der Waals surface area contributed by atoms with E-state index in [4.69, 9.17) is 10.2 Å². The summed E-state index contributed by atoms with van der Waals surface area (Å²) in [5, 5.41) is 0.725. The molecule has 0 fully saturated rings. The summed E-state index contributed by atoms with van der Waals surface area (Å²) in [5.41, 5.74) is 8.56. The van der Waals surface area contributed by atoms with E-state index in [1.54, 1.807) is 18.3 Å². The quantitative estimate of drug-likeness (QED) is 0.710. The molecule has 90 valence electrons. The number of anilines is 1. The third-order valence-electron chi connectivity index (χ3n) is 2.81. The number of hydrogen-bond donors (Lipinski definition) is 1. The lowest BCUT2D eigenvalue weighted by Crippen LogP contribution is -1.91. The second-order valence-corrected chi connectivity index (χ2v) is 4.23. The van der Waals surface area contributed by atoms with E-state index in [9.17, 15) is 4.39 Å². The van der Waals surface area contributed by atoms with E-state index < -0.39 is 0 Å². The zero-order valence-electron chi connectivity index (χ0n) is 9.77. The predicted molar refractivity (Wildman–Crippen MR) is 68.6 cm³/mol. The summed E-state index contributed by atoms with van der Waals surface area (Å²) < 4.78 is 18.8. The molecule has 2 N–H and O–H groups in total. The van der Waals surface area contributed by atoms with E-state index in [1.807, 2.05) is 13.0 Å². The molecule has 4 heteroatoms. The Morgan fingerprint density at radius 3 is 2.83 bits per heavy atom. The molecule has 0 radical (unpaired) electrons. The number of nitrogens with two attached hydrogens (primary N) is 1. The van der Waals surface area contributed by atoms with Gasteiger partial charge in [-0.25, -0.2) is 4.39 Å². The van der Waals surface area contributed by atoms with Crippen LogP contribution in [0.15, 0.2) is 40.9 Å². The summed E-state index contributed by atoms with van der Waals surface area (Å²) in [4.78, 5) is 4.25. The van der Waals surface area contributed by atoms with Crippen LogP contribution in [-0.4, -0.2) is 4.98 Å². The molecular weight excluding hydrogens is 231 g/mol. The minimum Gasteiger partial charge on any atom is -0.454 e. The number of hydrogen-bond acceptors (Lipinski definition) is 3. The highest BCUT2D eigenvalue weighted by Crippen LogP contribution is 2.29. The van der Waals surface area contributed by atoms with Crippen LogP contribution in [0.25, 0.3) is 22.4 Å². The average molecular weight is 242 g/mol. The molecule has 2 heterocycles. The van der Waals surface area contributed by atoms with Crippen molar-refractivity contribution in [3.63, 3.8) is 0 Å². The second kappa shape index (κ2) is 3.84. The molecular formula is C14H11FN2O. The lowest BCUT2D eigenvalue weighted by Gasteiger charge is -2.01. The lowest BCUT2D eigenvalue weighted by molar-refractivity contribution is 0.617. The van der Waals surface area contributed by atoms with Gasteiger partial charge in [0.25, 0.3) is 0 Å². The van der Waals surface area contributed by atoms with E-state index in [-0.39, 0.29) is 5.82 Å². The number of furan rings is 1. The van der Waals surface area contributed by atoms with Gasteiger partial charge >= 0.3 is 0 Å². The molecule has 1 aromatic carbocycles. The maximum atomic E-state index is 13.1. The SMILES string of the molecule is Cc1cc(N)cnc1-c1cc2cc(F)ccc2o1. The number of benzene rings is 1. The highest BCUT2D eigenvalue weighted by atomic mass is 19.1. The van der Waals surface area contributed by atoms with Crippen molar-refractivity contribution in [2.24, 2.45) is 0 Å². The molecule has 2 aromatic heterocycles. The fourth-order valence-corrected chi connectivity index (χ4v) is 1.99. The van der Waals surface area contributed by atoms with Crippen molar-refractivity contribution in [3.05, 3.63) is 47.9 Å². The summed E-state index contributed by atoms with van der Waals surface area (Å²) in [5.74, 6) is 0.338. The summed E-state index contributed by atoms with van der Waals surface area (Å²) >= 11 is 0. The van der Waals surface area contributed by atoms with Crippen molar-refractivity contribution in [3.8, 4) is 11.5 Å². The number of pyridine rings is 1. The smallest absolute Gasteiger partial charge is 0.154 e. The number of fused-ring (bicyclic) bond motifs is 1. The van der Waals surface area contributed by atoms with Gasteiger partial charge in [-0.2, -0.15) is 0 Å². The van der Waals surface area contributed by atoms with Gasteiger partial charge < -0.3 is 10.2 Å². The number of aryl methyl sites for hydroxylation is 1. The zero-order valence-corrected chi connectivity index (χ0v) is 9.77. The number of nitrogens with zero attached hydrogens (tertiary/aromatic N) is 1. The average Bonchev–Trinajstić information content (AvgIpc) is 2.71. The molecule has 0 saturated heterocycles. The van der Waals surface area contributed by atoms with Crippen molar-refractivity contribution in [1.29, 1.82) is 0 Å². The van der Waals surface area contributed by atoms with Crippen LogP contribution in [0.1, 0.15) is 5.56 Å². The molecule has 0 atom stereocenters. The summed E-state index contributed by atoms with van der Waals surface area (Å²) in [6, 6.07) is 8.04. The molecule has 0 spiro atoms. The molecule has 3 nitrogen and oxygen atoms in total. The maximum absolute atomic E-state index is 13.1. The van der Waals surface area contributed by atoms with Crippen LogP contribution in [0.5, 0.6) is 0 Å². The van der Waals surface area contributed by atoms with Gasteiger partial charge in [0.05, 0.1) is 11.9 Å². The highest BCUT2D eigenvalue weighted by molar-refractivity contribution is 5.82. The Labute approximate surface area is 103 Å². The van der Waals surface area contributed by atoms with E-state index in [1.165, 1.54) is 12.1 Å². The molecule has 3 aromatic rings. The summed E-state index contributed by atoms with van der Waals surface area (Å²) in [6.07, 6.45) is 1.58. The molecule has 0 amide bonds. The van der Waals surface area contributed by atoms with E-state index in [2.05, 4.69) is 4.98 Å². The molecule has 0 aliphatic heterocycles. The van der Waals surface area contributed by atoms with Gasteiger partial charge in [0.15, 0.2) is 5.76 Å². The minimum atomic E-state index is -0.281. The Kier molecular flexibility index (Phi) is 2.30. The third-order valence-corrected chi connectivity index (χ3v) is 2.81. The Balaban J connectivity index is 2.19. The fourth-order valence-electron chi connectivity index (χ4n) is 1.99. The standard InChI is InChI=1S/C14H11FN2O/c1-8-4-11(16)7-17-14(8)13-6-9-5-10(15)2-3-12(9)18-13/h2-7H,16H2,1H3. The van der Waals surface area contributed by atoms with Crippen LogP contribution in [0.4, 0.5) is 10.1 Å². The first-order chi connectivity index (χ1) is 8.63. The monoisotopic (exact) mass is 242 g/mol. The predicted octanol–water partition coefficient (Wildman–Crippen LogP) is 3.52. The summed E-state index contributed by atoms with van der Waals surface area (Å²) in [6.45, 7) is 1.91. The lowest BCUT2D eigenvalue weighted by atomic mass is 10.1. The van der Waals surface area contributed by atoms with Crippen molar-refractivity contribution in [2.45, 2.75) is 6.92 Å². The molecule has 0 saturated carbocycles. The van der Waals surface area contributed by atoms with E-state index in [0.717, 1.165) is 16.6 Å². The van der Waals surface area contributed by atoms with Crippen LogP contribution in [-0.2, 0) is 0 Å². The normalized spacial score (nSPS) is 11.0. The van der Waals surface area contributed by atoms with Gasteiger partial charge in [0.1, 0.15) is 17.1 Å². The first-order valence-corrected chi connectivity index (χ1v) is 5.55. The molecule has 0 aliphatic carbocycles. The van der Waals surface area contributed by atoms with Crippen molar-refractivity contribution >= 4 is 16.7 Å².